The molecular formula is C22H28O3Si. The topological polar surface area (TPSA) is 27.7 Å². The molecule has 4 rings (SSSR count). The van der Waals surface area contributed by atoms with Crippen LogP contribution in [-0.2, 0) is 13.9 Å². The average Bonchev–Trinajstić information content (AvgIpc) is 3.21. The summed E-state index contributed by atoms with van der Waals surface area (Å²) >= 11 is 0. The van der Waals surface area contributed by atoms with E-state index in [1.54, 1.807) is 0 Å². The first-order valence-corrected chi connectivity index (χ1v) is 11.4. The van der Waals surface area contributed by atoms with Gasteiger partial charge in [-0.25, -0.2) is 0 Å². The van der Waals surface area contributed by atoms with Crippen molar-refractivity contribution in [2.24, 2.45) is 0 Å². The molecule has 0 spiro atoms. The number of hydrogen-bond acceptors (Lipinski definition) is 3. The molecule has 1 unspecified atom stereocenters. The molecule has 0 radical (unpaired) electrons. The van der Waals surface area contributed by atoms with E-state index in [0.29, 0.717) is 6.79 Å². The van der Waals surface area contributed by atoms with Gasteiger partial charge in [-0.3, -0.25) is 0 Å². The van der Waals surface area contributed by atoms with E-state index >= 15 is 0 Å². The Hall–Kier alpha value is -1.46. The predicted molar refractivity (Wildman–Crippen MR) is 106 cm³/mol. The SMILES string of the molecule is CC(C)(C)[Si](OC1C[C@@H]2OCO[C@@H]2C1)(c1ccccc1)c1ccccc1. The third kappa shape index (κ3) is 3.05. The highest BCUT2D eigenvalue weighted by Crippen LogP contribution is 2.41. The van der Waals surface area contributed by atoms with Crippen LogP contribution in [0.2, 0.25) is 5.04 Å². The molecule has 138 valence electrons. The summed E-state index contributed by atoms with van der Waals surface area (Å²) in [6.07, 6.45) is 2.41. The number of benzene rings is 2. The quantitative estimate of drug-likeness (QED) is 0.774. The summed E-state index contributed by atoms with van der Waals surface area (Å²) in [5, 5.41) is 2.67. The number of hydrogen-bond donors (Lipinski definition) is 0. The van der Waals surface area contributed by atoms with Crippen LogP contribution in [0, 0.1) is 0 Å². The molecule has 0 bridgehead atoms. The standard InChI is InChI=1S/C22H28O3Si/c1-22(2,3)26(18-10-6-4-7-11-18,19-12-8-5-9-13-19)25-17-14-20-21(15-17)24-16-23-20/h4-13,17,20-21H,14-16H2,1-3H3/t17?,20-,21+. The molecule has 1 saturated heterocycles. The molecular weight excluding hydrogens is 340 g/mol. The minimum atomic E-state index is -2.47. The van der Waals surface area contributed by atoms with Crippen LogP contribution in [0.15, 0.2) is 60.7 Å². The fourth-order valence-electron chi connectivity index (χ4n) is 4.52. The van der Waals surface area contributed by atoms with E-state index in [1.807, 2.05) is 0 Å². The zero-order valence-electron chi connectivity index (χ0n) is 15.9. The summed E-state index contributed by atoms with van der Waals surface area (Å²) < 4.78 is 18.6. The Morgan fingerprint density at radius 2 is 1.27 bits per heavy atom. The Balaban J connectivity index is 1.78. The third-order valence-corrected chi connectivity index (χ3v) is 10.8. The van der Waals surface area contributed by atoms with Gasteiger partial charge in [0.15, 0.2) is 0 Å². The van der Waals surface area contributed by atoms with E-state index in [1.165, 1.54) is 10.4 Å². The van der Waals surface area contributed by atoms with Crippen LogP contribution in [0.3, 0.4) is 0 Å². The molecule has 3 nitrogen and oxygen atoms in total. The van der Waals surface area contributed by atoms with Crippen LogP contribution in [0.25, 0.3) is 0 Å². The molecule has 2 aromatic carbocycles. The number of ether oxygens (including phenoxy) is 2. The summed E-state index contributed by atoms with van der Waals surface area (Å²) in [7, 11) is -2.47. The van der Waals surface area contributed by atoms with Crippen molar-refractivity contribution in [1.29, 1.82) is 0 Å². The molecule has 1 heterocycles. The van der Waals surface area contributed by atoms with Gasteiger partial charge in [0.25, 0.3) is 8.32 Å². The van der Waals surface area contributed by atoms with Crippen molar-refractivity contribution in [1.82, 2.24) is 0 Å². The molecule has 2 fully saturated rings. The van der Waals surface area contributed by atoms with E-state index in [9.17, 15) is 0 Å². The van der Waals surface area contributed by atoms with E-state index in [4.69, 9.17) is 13.9 Å². The fourth-order valence-corrected chi connectivity index (χ4v) is 9.23. The van der Waals surface area contributed by atoms with Crippen LogP contribution < -0.4 is 10.4 Å². The Morgan fingerprint density at radius 3 is 1.69 bits per heavy atom. The largest absolute Gasteiger partial charge is 0.404 e. The Kier molecular flexibility index (Phi) is 4.78. The Labute approximate surface area is 157 Å². The molecule has 0 amide bonds. The second kappa shape index (κ2) is 6.93. The maximum absolute atomic E-state index is 7.15. The normalized spacial score (nSPS) is 26.0. The van der Waals surface area contributed by atoms with Crippen molar-refractivity contribution in [3.8, 4) is 0 Å². The van der Waals surface area contributed by atoms with Crippen molar-refractivity contribution in [3.63, 3.8) is 0 Å². The second-order valence-corrected chi connectivity index (χ2v) is 12.7. The summed E-state index contributed by atoms with van der Waals surface area (Å²) in [4.78, 5) is 0. The lowest BCUT2D eigenvalue weighted by Crippen LogP contribution is -2.67. The van der Waals surface area contributed by atoms with Gasteiger partial charge in [-0.15, -0.1) is 0 Å². The lowest BCUT2D eigenvalue weighted by atomic mass is 10.2. The van der Waals surface area contributed by atoms with Gasteiger partial charge < -0.3 is 13.9 Å². The van der Waals surface area contributed by atoms with Gasteiger partial charge >= 0.3 is 0 Å². The van der Waals surface area contributed by atoms with Gasteiger partial charge in [0.1, 0.15) is 6.79 Å². The van der Waals surface area contributed by atoms with Gasteiger partial charge in [-0.2, -0.15) is 0 Å². The predicted octanol–water partition coefficient (Wildman–Crippen LogP) is 3.47. The first-order chi connectivity index (χ1) is 12.5. The zero-order chi connectivity index (χ0) is 18.2. The summed E-state index contributed by atoms with van der Waals surface area (Å²) in [5.74, 6) is 0. The number of fused-ring (bicyclic) bond motifs is 1. The first kappa shape index (κ1) is 17.9. The third-order valence-electron chi connectivity index (χ3n) is 5.73. The summed E-state index contributed by atoms with van der Waals surface area (Å²) in [6, 6.07) is 21.7. The van der Waals surface area contributed by atoms with Crippen LogP contribution in [0.4, 0.5) is 0 Å². The van der Waals surface area contributed by atoms with Crippen LogP contribution in [0.5, 0.6) is 0 Å². The highest BCUT2D eigenvalue weighted by atomic mass is 28.4. The Morgan fingerprint density at radius 1 is 0.808 bits per heavy atom. The van der Waals surface area contributed by atoms with Crippen molar-refractivity contribution in [2.75, 3.05) is 6.79 Å². The van der Waals surface area contributed by atoms with E-state index in [2.05, 4.69) is 81.4 Å². The molecule has 3 atom stereocenters. The van der Waals surface area contributed by atoms with Crippen LogP contribution in [-0.4, -0.2) is 33.4 Å². The molecule has 26 heavy (non-hydrogen) atoms. The van der Waals surface area contributed by atoms with Gasteiger partial charge in [-0.05, 0) is 15.4 Å². The fraction of sp³-hybridized carbons (Fsp3) is 0.455. The maximum Gasteiger partial charge on any atom is 0.261 e. The monoisotopic (exact) mass is 368 g/mol. The van der Waals surface area contributed by atoms with Gasteiger partial charge in [0.05, 0.1) is 18.3 Å². The molecule has 2 aromatic rings. The number of rotatable bonds is 4. The highest BCUT2D eigenvalue weighted by molar-refractivity contribution is 6.99. The smallest absolute Gasteiger partial charge is 0.261 e. The van der Waals surface area contributed by atoms with Crippen LogP contribution in [0.1, 0.15) is 33.6 Å². The lowest BCUT2D eigenvalue weighted by Gasteiger charge is -2.44. The molecule has 1 saturated carbocycles. The average molecular weight is 369 g/mol. The van der Waals surface area contributed by atoms with Crippen molar-refractivity contribution in [3.05, 3.63) is 60.7 Å². The molecule has 0 N–H and O–H groups in total. The van der Waals surface area contributed by atoms with E-state index < -0.39 is 8.32 Å². The zero-order valence-corrected chi connectivity index (χ0v) is 16.9. The van der Waals surface area contributed by atoms with Crippen LogP contribution >= 0.6 is 0 Å². The molecule has 1 aliphatic carbocycles. The molecule has 1 aliphatic heterocycles. The highest BCUT2D eigenvalue weighted by Gasteiger charge is 2.53. The molecule has 4 heteroatoms. The first-order valence-electron chi connectivity index (χ1n) is 9.53. The molecule has 0 aromatic heterocycles. The van der Waals surface area contributed by atoms with Gasteiger partial charge in [0, 0.05) is 12.8 Å². The van der Waals surface area contributed by atoms with E-state index in [0.717, 1.165) is 12.8 Å². The van der Waals surface area contributed by atoms with Gasteiger partial charge in [0.2, 0.25) is 0 Å². The van der Waals surface area contributed by atoms with Gasteiger partial charge in [-0.1, -0.05) is 81.4 Å². The minimum absolute atomic E-state index is 0.00905. The lowest BCUT2D eigenvalue weighted by molar-refractivity contribution is 0.0109. The second-order valence-electron chi connectivity index (χ2n) is 8.40. The maximum atomic E-state index is 7.15. The summed E-state index contributed by atoms with van der Waals surface area (Å²) in [5.41, 5.74) is 0. The van der Waals surface area contributed by atoms with E-state index in [-0.39, 0.29) is 23.4 Å². The van der Waals surface area contributed by atoms with Crippen molar-refractivity contribution >= 4 is 18.7 Å². The molecule has 2 aliphatic rings. The summed E-state index contributed by atoms with van der Waals surface area (Å²) in [6.45, 7) is 7.40. The Bertz CT molecular complexity index is 675. The van der Waals surface area contributed by atoms with Crippen molar-refractivity contribution in [2.45, 2.75) is 57.0 Å². The minimum Gasteiger partial charge on any atom is -0.404 e. The van der Waals surface area contributed by atoms with Crippen molar-refractivity contribution < 1.29 is 13.9 Å².